The maximum absolute atomic E-state index is 5.74. The lowest BCUT2D eigenvalue weighted by molar-refractivity contribution is 0.183. The Kier molecular flexibility index (Phi) is 2.64. The van der Waals surface area contributed by atoms with Gasteiger partial charge < -0.3 is 15.0 Å². The highest BCUT2D eigenvalue weighted by atomic mass is 16.5. The number of ether oxygens (including phenoxy) is 1. The summed E-state index contributed by atoms with van der Waals surface area (Å²) >= 11 is 0. The summed E-state index contributed by atoms with van der Waals surface area (Å²) in [6.45, 7) is 2.68. The zero-order valence-corrected chi connectivity index (χ0v) is 9.54. The summed E-state index contributed by atoms with van der Waals surface area (Å²) in [5.41, 5.74) is 7.25. The second-order valence-electron chi connectivity index (χ2n) is 4.39. The molecule has 6 nitrogen and oxygen atoms in total. The van der Waals surface area contributed by atoms with Gasteiger partial charge in [-0.05, 0) is 18.8 Å². The van der Waals surface area contributed by atoms with Crippen LogP contribution in [0.3, 0.4) is 0 Å². The molecule has 0 saturated carbocycles. The minimum Gasteiger partial charge on any atom is -0.382 e. The molecule has 0 spiro atoms. The van der Waals surface area contributed by atoms with Gasteiger partial charge in [0.2, 0.25) is 0 Å². The van der Waals surface area contributed by atoms with E-state index < -0.39 is 0 Å². The summed E-state index contributed by atoms with van der Waals surface area (Å²) < 4.78 is 7.40. The van der Waals surface area contributed by atoms with Crippen LogP contribution in [0.25, 0.3) is 11.2 Å². The molecule has 0 amide bonds. The molecule has 1 fully saturated rings. The first-order chi connectivity index (χ1) is 8.34. The highest BCUT2D eigenvalue weighted by Crippen LogP contribution is 2.19. The van der Waals surface area contributed by atoms with E-state index in [1.807, 2.05) is 4.57 Å². The Labute approximate surface area is 98.8 Å². The predicted molar refractivity (Wildman–Crippen MR) is 63.3 cm³/mol. The van der Waals surface area contributed by atoms with Gasteiger partial charge in [-0.2, -0.15) is 0 Å². The van der Waals surface area contributed by atoms with Gasteiger partial charge in [0.05, 0.1) is 6.33 Å². The fourth-order valence-corrected chi connectivity index (χ4v) is 2.20. The predicted octanol–water partition coefficient (Wildman–Crippen LogP) is 0.835. The smallest absolute Gasteiger partial charge is 0.165 e. The number of anilines is 1. The number of imidazole rings is 1. The number of fused-ring (bicyclic) bond motifs is 1. The second-order valence-corrected chi connectivity index (χ2v) is 4.39. The van der Waals surface area contributed by atoms with Crippen LogP contribution in [0.5, 0.6) is 0 Å². The fraction of sp³-hybridized carbons (Fsp3) is 0.545. The molecule has 90 valence electrons. The molecular formula is C11H15N5O. The molecular weight excluding hydrogens is 218 g/mol. The van der Waals surface area contributed by atoms with Crippen LogP contribution in [0.15, 0.2) is 12.7 Å². The average Bonchev–Trinajstić information content (AvgIpc) is 2.95. The Hall–Kier alpha value is -1.69. The van der Waals surface area contributed by atoms with Gasteiger partial charge in [-0.15, -0.1) is 0 Å². The molecule has 0 unspecified atom stereocenters. The fourth-order valence-electron chi connectivity index (χ4n) is 2.20. The van der Waals surface area contributed by atoms with E-state index >= 15 is 0 Å². The van der Waals surface area contributed by atoms with Crippen molar-refractivity contribution in [1.82, 2.24) is 19.5 Å². The van der Waals surface area contributed by atoms with Gasteiger partial charge in [0.1, 0.15) is 11.8 Å². The molecule has 6 heteroatoms. The monoisotopic (exact) mass is 233 g/mol. The first-order valence-electron chi connectivity index (χ1n) is 5.83. The Morgan fingerprint density at radius 1 is 1.41 bits per heavy atom. The molecule has 0 aliphatic carbocycles. The van der Waals surface area contributed by atoms with E-state index in [2.05, 4.69) is 15.0 Å². The van der Waals surface area contributed by atoms with E-state index in [0.717, 1.165) is 38.2 Å². The lowest BCUT2D eigenvalue weighted by Crippen LogP contribution is -2.06. The van der Waals surface area contributed by atoms with E-state index in [1.54, 1.807) is 6.33 Å². The number of aryl methyl sites for hydroxylation is 1. The van der Waals surface area contributed by atoms with Crippen molar-refractivity contribution in [3.05, 3.63) is 12.7 Å². The standard InChI is InChI=1S/C11H15N5O/c12-10-9-11(14-6-13-10)16(7-15-9)3-1-8-2-4-17-5-8/h6-8H,1-5H2,(H2,12,13,14)/t8-/m0/s1. The van der Waals surface area contributed by atoms with Crippen molar-refractivity contribution >= 4 is 17.0 Å². The van der Waals surface area contributed by atoms with Gasteiger partial charge in [-0.3, -0.25) is 0 Å². The highest BCUT2D eigenvalue weighted by molar-refractivity contribution is 5.80. The number of aromatic nitrogens is 4. The molecule has 2 aromatic heterocycles. The topological polar surface area (TPSA) is 78.9 Å². The quantitative estimate of drug-likeness (QED) is 0.849. The van der Waals surface area contributed by atoms with Gasteiger partial charge in [0.15, 0.2) is 11.5 Å². The molecule has 17 heavy (non-hydrogen) atoms. The molecule has 0 aromatic carbocycles. The van der Waals surface area contributed by atoms with Crippen LogP contribution in [0.2, 0.25) is 0 Å². The van der Waals surface area contributed by atoms with Crippen molar-refractivity contribution < 1.29 is 4.74 Å². The van der Waals surface area contributed by atoms with Crippen LogP contribution in [0.4, 0.5) is 5.82 Å². The number of hydrogen-bond acceptors (Lipinski definition) is 5. The van der Waals surface area contributed by atoms with Crippen molar-refractivity contribution in [2.24, 2.45) is 5.92 Å². The molecule has 2 aromatic rings. The van der Waals surface area contributed by atoms with E-state index in [1.165, 1.54) is 6.33 Å². The van der Waals surface area contributed by atoms with Crippen molar-refractivity contribution in [2.75, 3.05) is 18.9 Å². The number of rotatable bonds is 3. The maximum atomic E-state index is 5.74. The summed E-state index contributed by atoms with van der Waals surface area (Å²) in [4.78, 5) is 12.4. The summed E-state index contributed by atoms with van der Waals surface area (Å²) in [5, 5.41) is 0. The van der Waals surface area contributed by atoms with Crippen molar-refractivity contribution in [3.63, 3.8) is 0 Å². The minimum absolute atomic E-state index is 0.443. The third kappa shape index (κ3) is 1.95. The lowest BCUT2D eigenvalue weighted by Gasteiger charge is -2.08. The average molecular weight is 233 g/mol. The molecule has 2 N–H and O–H groups in total. The van der Waals surface area contributed by atoms with Crippen LogP contribution in [0, 0.1) is 5.92 Å². The van der Waals surface area contributed by atoms with Crippen LogP contribution in [0.1, 0.15) is 12.8 Å². The van der Waals surface area contributed by atoms with E-state index in [4.69, 9.17) is 10.5 Å². The van der Waals surface area contributed by atoms with Gasteiger partial charge >= 0.3 is 0 Å². The van der Waals surface area contributed by atoms with Crippen LogP contribution >= 0.6 is 0 Å². The van der Waals surface area contributed by atoms with Crippen molar-refractivity contribution in [1.29, 1.82) is 0 Å². The SMILES string of the molecule is Nc1ncnc2c1ncn2CC[C@H]1CCOC1. The molecule has 3 rings (SSSR count). The van der Waals surface area contributed by atoms with Crippen LogP contribution < -0.4 is 5.73 Å². The van der Waals surface area contributed by atoms with Gasteiger partial charge in [0.25, 0.3) is 0 Å². The molecule has 1 aliphatic rings. The molecule has 1 atom stereocenters. The molecule has 3 heterocycles. The second kappa shape index (κ2) is 4.29. The molecule has 0 bridgehead atoms. The number of hydrogen-bond donors (Lipinski definition) is 1. The van der Waals surface area contributed by atoms with Gasteiger partial charge in [-0.1, -0.05) is 0 Å². The number of nitrogens with zero attached hydrogens (tertiary/aromatic N) is 4. The van der Waals surface area contributed by atoms with Crippen LogP contribution in [-0.4, -0.2) is 32.7 Å². The Morgan fingerprint density at radius 3 is 3.18 bits per heavy atom. The highest BCUT2D eigenvalue weighted by Gasteiger charge is 2.16. The van der Waals surface area contributed by atoms with E-state index in [-0.39, 0.29) is 0 Å². The first kappa shape index (κ1) is 10.5. The zero-order chi connectivity index (χ0) is 11.7. The summed E-state index contributed by atoms with van der Waals surface area (Å²) in [5.74, 6) is 1.10. The van der Waals surface area contributed by atoms with Crippen molar-refractivity contribution in [3.8, 4) is 0 Å². The van der Waals surface area contributed by atoms with Crippen LogP contribution in [-0.2, 0) is 11.3 Å². The summed E-state index contributed by atoms with van der Waals surface area (Å²) in [7, 11) is 0. The Bertz CT molecular complexity index is 518. The minimum atomic E-state index is 0.443. The molecule has 0 radical (unpaired) electrons. The maximum Gasteiger partial charge on any atom is 0.165 e. The zero-order valence-electron chi connectivity index (χ0n) is 9.54. The number of nitrogens with two attached hydrogens (primary N) is 1. The molecule has 1 aliphatic heterocycles. The normalized spacial score (nSPS) is 20.1. The third-order valence-electron chi connectivity index (χ3n) is 3.23. The van der Waals surface area contributed by atoms with Crippen molar-refractivity contribution in [2.45, 2.75) is 19.4 Å². The Morgan fingerprint density at radius 2 is 2.35 bits per heavy atom. The van der Waals surface area contributed by atoms with E-state index in [9.17, 15) is 0 Å². The molecule has 1 saturated heterocycles. The number of nitrogen functional groups attached to an aromatic ring is 1. The Balaban J connectivity index is 1.78. The first-order valence-corrected chi connectivity index (χ1v) is 5.83. The van der Waals surface area contributed by atoms with Gasteiger partial charge in [-0.25, -0.2) is 15.0 Å². The largest absolute Gasteiger partial charge is 0.382 e. The third-order valence-corrected chi connectivity index (χ3v) is 3.23. The summed E-state index contributed by atoms with van der Waals surface area (Å²) in [6, 6.07) is 0. The lowest BCUT2D eigenvalue weighted by atomic mass is 10.1. The van der Waals surface area contributed by atoms with Gasteiger partial charge in [0, 0.05) is 19.8 Å². The summed E-state index contributed by atoms with van der Waals surface area (Å²) in [6.07, 6.45) is 5.51. The van der Waals surface area contributed by atoms with E-state index in [0.29, 0.717) is 17.3 Å².